The van der Waals surface area contributed by atoms with Crippen molar-refractivity contribution in [1.82, 2.24) is 5.16 Å². The summed E-state index contributed by atoms with van der Waals surface area (Å²) in [5.41, 5.74) is 6.33. The third-order valence-corrected chi connectivity index (χ3v) is 3.73. The molecule has 4 nitrogen and oxygen atoms in total. The molecular formula is C15H11Cl2FN2O2. The van der Waals surface area contributed by atoms with Crippen LogP contribution >= 0.6 is 23.2 Å². The molecule has 1 aromatic heterocycles. The summed E-state index contributed by atoms with van der Waals surface area (Å²) in [6, 6.07) is 7.85. The second-order valence-corrected chi connectivity index (χ2v) is 5.31. The smallest absolute Gasteiger partial charge is 0.189 e. The Morgan fingerprint density at radius 2 is 2.05 bits per heavy atom. The lowest BCUT2D eigenvalue weighted by Gasteiger charge is -2.09. The molecule has 3 rings (SSSR count). The van der Waals surface area contributed by atoms with Gasteiger partial charge in [-0.15, -0.1) is 0 Å². The average molecular weight is 341 g/mol. The minimum atomic E-state index is -0.409. The number of ether oxygens (including phenoxy) is 1. The van der Waals surface area contributed by atoms with Gasteiger partial charge in [-0.3, -0.25) is 0 Å². The first-order valence-electron chi connectivity index (χ1n) is 6.48. The molecule has 0 bridgehead atoms. The Morgan fingerprint density at radius 3 is 2.77 bits per heavy atom. The van der Waals surface area contributed by atoms with E-state index in [9.17, 15) is 4.39 Å². The first-order chi connectivity index (χ1) is 10.6. The molecule has 2 aromatic carbocycles. The minimum absolute atomic E-state index is 0.186. The fourth-order valence-corrected chi connectivity index (χ4v) is 2.73. The van der Waals surface area contributed by atoms with Gasteiger partial charge in [-0.25, -0.2) is 4.39 Å². The van der Waals surface area contributed by atoms with Crippen LogP contribution in [0.5, 0.6) is 5.75 Å². The second kappa shape index (κ2) is 6.12. The molecule has 0 atom stereocenters. The fourth-order valence-electron chi connectivity index (χ4n) is 2.13. The van der Waals surface area contributed by atoms with Gasteiger partial charge < -0.3 is 15.0 Å². The van der Waals surface area contributed by atoms with Crippen molar-refractivity contribution in [3.63, 3.8) is 0 Å². The molecule has 0 saturated heterocycles. The maximum atomic E-state index is 13.9. The molecule has 2 N–H and O–H groups in total. The standard InChI is InChI=1S/C15H11Cl2FN2O2/c16-10-7-9-13(8-3-1-2-4-11(8)18)20-22-14(9)12(17)15(10)21-6-5-19/h1-4,7H,5-6,19H2. The Hall–Kier alpha value is -1.82. The summed E-state index contributed by atoms with van der Waals surface area (Å²) < 4.78 is 24.6. The zero-order valence-electron chi connectivity index (χ0n) is 11.3. The average Bonchev–Trinajstić information content (AvgIpc) is 2.91. The number of rotatable bonds is 4. The van der Waals surface area contributed by atoms with Crippen molar-refractivity contribution in [1.29, 1.82) is 0 Å². The Bertz CT molecular complexity index is 836. The molecule has 0 fully saturated rings. The van der Waals surface area contributed by atoms with Crippen LogP contribution in [-0.2, 0) is 0 Å². The zero-order chi connectivity index (χ0) is 15.7. The molecule has 0 aliphatic heterocycles. The van der Waals surface area contributed by atoms with Crippen LogP contribution in [0.1, 0.15) is 0 Å². The van der Waals surface area contributed by atoms with E-state index in [4.69, 9.17) is 38.2 Å². The van der Waals surface area contributed by atoms with Gasteiger partial charge in [0.1, 0.15) is 23.1 Å². The summed E-state index contributed by atoms with van der Waals surface area (Å²) in [7, 11) is 0. The van der Waals surface area contributed by atoms with Gasteiger partial charge in [0.25, 0.3) is 0 Å². The van der Waals surface area contributed by atoms with Gasteiger partial charge in [0.15, 0.2) is 11.3 Å². The number of hydrogen-bond donors (Lipinski definition) is 1. The Kier molecular flexibility index (Phi) is 4.20. The maximum absolute atomic E-state index is 13.9. The van der Waals surface area contributed by atoms with E-state index in [-0.39, 0.29) is 28.0 Å². The van der Waals surface area contributed by atoms with E-state index in [1.807, 2.05) is 0 Å². The van der Waals surface area contributed by atoms with Crippen molar-refractivity contribution in [2.75, 3.05) is 13.2 Å². The van der Waals surface area contributed by atoms with E-state index in [1.54, 1.807) is 24.3 Å². The quantitative estimate of drug-likeness (QED) is 0.769. The van der Waals surface area contributed by atoms with Gasteiger partial charge in [0.2, 0.25) is 0 Å². The Morgan fingerprint density at radius 1 is 1.27 bits per heavy atom. The number of benzene rings is 2. The van der Waals surface area contributed by atoms with Crippen molar-refractivity contribution in [3.05, 3.63) is 46.2 Å². The van der Waals surface area contributed by atoms with E-state index in [2.05, 4.69) is 5.16 Å². The highest BCUT2D eigenvalue weighted by Crippen LogP contribution is 2.42. The maximum Gasteiger partial charge on any atom is 0.189 e. The van der Waals surface area contributed by atoms with E-state index < -0.39 is 5.82 Å². The highest BCUT2D eigenvalue weighted by molar-refractivity contribution is 6.41. The third-order valence-electron chi connectivity index (χ3n) is 3.11. The van der Waals surface area contributed by atoms with Crippen LogP contribution in [0.15, 0.2) is 34.9 Å². The van der Waals surface area contributed by atoms with Gasteiger partial charge in [0.05, 0.1) is 10.4 Å². The molecule has 22 heavy (non-hydrogen) atoms. The molecule has 0 saturated carbocycles. The number of aromatic nitrogens is 1. The molecule has 114 valence electrons. The number of nitrogens with two attached hydrogens (primary N) is 1. The van der Waals surface area contributed by atoms with Gasteiger partial charge in [0, 0.05) is 12.1 Å². The van der Waals surface area contributed by atoms with E-state index >= 15 is 0 Å². The van der Waals surface area contributed by atoms with Crippen LogP contribution in [0.3, 0.4) is 0 Å². The molecule has 7 heteroatoms. The van der Waals surface area contributed by atoms with Crippen LogP contribution < -0.4 is 10.5 Å². The monoisotopic (exact) mass is 340 g/mol. The number of fused-ring (bicyclic) bond motifs is 1. The normalized spacial score (nSPS) is 11.1. The largest absolute Gasteiger partial charge is 0.489 e. The summed E-state index contributed by atoms with van der Waals surface area (Å²) in [5, 5.41) is 4.90. The predicted octanol–water partition coefficient (Wildman–Crippen LogP) is 4.28. The van der Waals surface area contributed by atoms with Crippen LogP contribution in [0.4, 0.5) is 4.39 Å². The number of halogens is 3. The van der Waals surface area contributed by atoms with Crippen LogP contribution in [0.25, 0.3) is 22.2 Å². The molecule has 0 unspecified atom stereocenters. The lowest BCUT2D eigenvalue weighted by atomic mass is 10.1. The van der Waals surface area contributed by atoms with Crippen LogP contribution in [0, 0.1) is 5.82 Å². The number of hydrogen-bond acceptors (Lipinski definition) is 4. The van der Waals surface area contributed by atoms with Crippen molar-refractivity contribution < 1.29 is 13.7 Å². The predicted molar refractivity (Wildman–Crippen MR) is 84.0 cm³/mol. The van der Waals surface area contributed by atoms with Gasteiger partial charge >= 0.3 is 0 Å². The summed E-state index contributed by atoms with van der Waals surface area (Å²) >= 11 is 12.4. The van der Waals surface area contributed by atoms with E-state index in [0.717, 1.165) is 0 Å². The van der Waals surface area contributed by atoms with Gasteiger partial charge in [-0.1, -0.05) is 40.5 Å². The second-order valence-electron chi connectivity index (χ2n) is 4.53. The molecule has 0 radical (unpaired) electrons. The minimum Gasteiger partial charge on any atom is -0.489 e. The summed E-state index contributed by atoms with van der Waals surface area (Å²) in [6.45, 7) is 0.584. The first kappa shape index (κ1) is 15.1. The lowest BCUT2D eigenvalue weighted by molar-refractivity contribution is 0.328. The zero-order valence-corrected chi connectivity index (χ0v) is 12.8. The van der Waals surface area contributed by atoms with Crippen molar-refractivity contribution in [2.45, 2.75) is 0 Å². The molecule has 0 aliphatic rings. The highest BCUT2D eigenvalue weighted by Gasteiger charge is 2.21. The molecular weight excluding hydrogens is 330 g/mol. The topological polar surface area (TPSA) is 61.3 Å². The van der Waals surface area contributed by atoms with Crippen molar-refractivity contribution in [2.24, 2.45) is 5.73 Å². The van der Waals surface area contributed by atoms with Crippen molar-refractivity contribution in [3.8, 4) is 17.0 Å². The summed E-state index contributed by atoms with van der Waals surface area (Å²) in [6.07, 6.45) is 0. The molecule has 0 aliphatic carbocycles. The summed E-state index contributed by atoms with van der Waals surface area (Å²) in [4.78, 5) is 0. The number of nitrogens with zero attached hydrogens (tertiary/aromatic N) is 1. The summed E-state index contributed by atoms with van der Waals surface area (Å²) in [5.74, 6) is -0.133. The fraction of sp³-hybridized carbons (Fsp3) is 0.133. The molecule has 3 aromatic rings. The van der Waals surface area contributed by atoms with Gasteiger partial charge in [-0.2, -0.15) is 0 Å². The molecule has 1 heterocycles. The molecule has 0 amide bonds. The first-order valence-corrected chi connectivity index (χ1v) is 7.24. The van der Waals surface area contributed by atoms with E-state index in [0.29, 0.717) is 23.2 Å². The lowest BCUT2D eigenvalue weighted by Crippen LogP contribution is -2.11. The Labute approximate surface area is 135 Å². The molecule has 0 spiro atoms. The van der Waals surface area contributed by atoms with Crippen LogP contribution in [0.2, 0.25) is 10.0 Å². The highest BCUT2D eigenvalue weighted by atomic mass is 35.5. The van der Waals surface area contributed by atoms with Crippen LogP contribution in [-0.4, -0.2) is 18.3 Å². The Balaban J connectivity index is 2.19. The van der Waals surface area contributed by atoms with E-state index in [1.165, 1.54) is 6.07 Å². The SMILES string of the molecule is NCCOc1c(Cl)cc2c(-c3ccccc3F)noc2c1Cl. The van der Waals surface area contributed by atoms with Gasteiger partial charge in [-0.05, 0) is 18.2 Å². The third kappa shape index (κ3) is 2.52. The van der Waals surface area contributed by atoms with Crippen molar-refractivity contribution >= 4 is 34.2 Å².